The molecule has 4 nitrogen and oxygen atoms in total. The lowest BCUT2D eigenvalue weighted by atomic mass is 10.1. The molecule has 2 aromatic carbocycles. The Morgan fingerprint density at radius 1 is 1.20 bits per heavy atom. The number of aromatic carboxylic acids is 1. The summed E-state index contributed by atoms with van der Waals surface area (Å²) in [6, 6.07) is 12.7. The summed E-state index contributed by atoms with van der Waals surface area (Å²) in [5.41, 5.74) is 9.06. The van der Waals surface area contributed by atoms with Crippen LogP contribution in [-0.4, -0.2) is 11.1 Å². The van der Waals surface area contributed by atoms with Gasteiger partial charge in [-0.3, -0.25) is 0 Å². The van der Waals surface area contributed by atoms with Gasteiger partial charge in [-0.1, -0.05) is 25.5 Å². The van der Waals surface area contributed by atoms with Gasteiger partial charge >= 0.3 is 5.97 Å². The Hall–Kier alpha value is -2.49. The van der Waals surface area contributed by atoms with E-state index >= 15 is 0 Å². The van der Waals surface area contributed by atoms with Gasteiger partial charge in [0, 0.05) is 11.4 Å². The van der Waals surface area contributed by atoms with E-state index in [1.54, 1.807) is 12.1 Å². The average molecular weight is 270 g/mol. The number of carboxylic acids is 1. The highest BCUT2D eigenvalue weighted by molar-refractivity contribution is 5.96. The molecule has 0 aromatic heterocycles. The van der Waals surface area contributed by atoms with E-state index in [4.69, 9.17) is 10.8 Å². The van der Waals surface area contributed by atoms with Crippen LogP contribution in [0.5, 0.6) is 0 Å². The van der Waals surface area contributed by atoms with Crippen molar-refractivity contribution in [3.63, 3.8) is 0 Å². The predicted molar refractivity (Wildman–Crippen MR) is 81.5 cm³/mol. The molecule has 0 radical (unpaired) electrons. The van der Waals surface area contributed by atoms with Gasteiger partial charge in [0.15, 0.2) is 0 Å². The van der Waals surface area contributed by atoms with E-state index in [0.717, 1.165) is 18.5 Å². The average Bonchev–Trinajstić information content (AvgIpc) is 2.41. The molecule has 0 aliphatic heterocycles. The molecule has 0 spiro atoms. The minimum atomic E-state index is -0.977. The zero-order chi connectivity index (χ0) is 14.5. The molecule has 0 saturated carbocycles. The fourth-order valence-electron chi connectivity index (χ4n) is 2.05. The van der Waals surface area contributed by atoms with Crippen molar-refractivity contribution in [3.05, 3.63) is 53.6 Å². The number of benzene rings is 2. The summed E-state index contributed by atoms with van der Waals surface area (Å²) in [6.45, 7) is 2.14. The summed E-state index contributed by atoms with van der Waals surface area (Å²) in [5, 5.41) is 12.3. The molecule has 0 aliphatic carbocycles. The zero-order valence-corrected chi connectivity index (χ0v) is 11.4. The van der Waals surface area contributed by atoms with Gasteiger partial charge in [0.2, 0.25) is 0 Å². The molecule has 4 heteroatoms. The Morgan fingerprint density at radius 2 is 1.90 bits per heavy atom. The van der Waals surface area contributed by atoms with E-state index < -0.39 is 5.97 Å². The summed E-state index contributed by atoms with van der Waals surface area (Å²) in [4.78, 5) is 11.2. The Balaban J connectivity index is 2.25. The van der Waals surface area contributed by atoms with Gasteiger partial charge in [-0.25, -0.2) is 4.79 Å². The van der Waals surface area contributed by atoms with E-state index in [9.17, 15) is 4.79 Å². The summed E-state index contributed by atoms with van der Waals surface area (Å²) in [7, 11) is 0. The molecular weight excluding hydrogens is 252 g/mol. The van der Waals surface area contributed by atoms with Crippen molar-refractivity contribution >= 4 is 23.0 Å². The zero-order valence-electron chi connectivity index (χ0n) is 11.4. The second-order valence-electron chi connectivity index (χ2n) is 4.68. The number of aryl methyl sites for hydroxylation is 1. The summed E-state index contributed by atoms with van der Waals surface area (Å²) in [6.07, 6.45) is 2.14. The van der Waals surface area contributed by atoms with Crippen molar-refractivity contribution in [1.29, 1.82) is 0 Å². The molecule has 0 saturated heterocycles. The molecule has 0 bridgehead atoms. The highest BCUT2D eigenvalue weighted by Crippen LogP contribution is 2.24. The van der Waals surface area contributed by atoms with Gasteiger partial charge in [0.1, 0.15) is 0 Å². The monoisotopic (exact) mass is 270 g/mol. The van der Waals surface area contributed by atoms with Crippen molar-refractivity contribution in [1.82, 2.24) is 0 Å². The van der Waals surface area contributed by atoms with Crippen LogP contribution in [0.2, 0.25) is 0 Å². The van der Waals surface area contributed by atoms with Crippen LogP contribution in [0.4, 0.5) is 17.1 Å². The first kappa shape index (κ1) is 13.9. The molecule has 0 aliphatic rings. The van der Waals surface area contributed by atoms with Gasteiger partial charge in [-0.05, 0) is 42.3 Å². The van der Waals surface area contributed by atoms with Crippen LogP contribution in [0, 0.1) is 0 Å². The Labute approximate surface area is 118 Å². The first-order chi connectivity index (χ1) is 9.60. The second-order valence-corrected chi connectivity index (χ2v) is 4.68. The lowest BCUT2D eigenvalue weighted by Crippen LogP contribution is -2.03. The van der Waals surface area contributed by atoms with Crippen LogP contribution in [-0.2, 0) is 6.42 Å². The van der Waals surface area contributed by atoms with Gasteiger partial charge < -0.3 is 16.2 Å². The molecule has 104 valence electrons. The van der Waals surface area contributed by atoms with E-state index in [1.165, 1.54) is 11.6 Å². The van der Waals surface area contributed by atoms with Crippen molar-refractivity contribution in [2.24, 2.45) is 0 Å². The van der Waals surface area contributed by atoms with Crippen molar-refractivity contribution < 1.29 is 9.90 Å². The molecular formula is C16H18N2O2. The first-order valence-corrected chi connectivity index (χ1v) is 6.59. The van der Waals surface area contributed by atoms with Crippen molar-refractivity contribution in [3.8, 4) is 0 Å². The van der Waals surface area contributed by atoms with Gasteiger partial charge in [0.25, 0.3) is 0 Å². The molecule has 0 heterocycles. The molecule has 2 rings (SSSR count). The van der Waals surface area contributed by atoms with Crippen LogP contribution in [0.15, 0.2) is 42.5 Å². The van der Waals surface area contributed by atoms with E-state index in [2.05, 4.69) is 12.2 Å². The molecule has 0 fully saturated rings. The number of nitrogen functional groups attached to an aromatic ring is 1. The number of carboxylic acid groups (broad SMARTS) is 1. The molecule has 20 heavy (non-hydrogen) atoms. The molecule has 4 N–H and O–H groups in total. The van der Waals surface area contributed by atoms with E-state index in [0.29, 0.717) is 11.4 Å². The number of hydrogen-bond donors (Lipinski definition) is 3. The van der Waals surface area contributed by atoms with Gasteiger partial charge in [0.05, 0.1) is 11.3 Å². The standard InChI is InChI=1S/C16H18N2O2/c1-2-3-11-4-7-13(8-5-11)18-15-10-12(17)6-9-14(15)16(19)20/h4-10,18H,2-3,17H2,1H3,(H,19,20). The number of carbonyl (C=O) groups is 1. The third kappa shape index (κ3) is 3.29. The fourth-order valence-corrected chi connectivity index (χ4v) is 2.05. The number of nitrogens with one attached hydrogen (secondary N) is 1. The number of rotatable bonds is 5. The lowest BCUT2D eigenvalue weighted by molar-refractivity contribution is 0.0698. The minimum Gasteiger partial charge on any atom is -0.478 e. The Morgan fingerprint density at radius 3 is 2.50 bits per heavy atom. The van der Waals surface area contributed by atoms with Crippen LogP contribution in [0.1, 0.15) is 29.3 Å². The number of nitrogens with two attached hydrogens (primary N) is 1. The normalized spacial score (nSPS) is 10.2. The number of hydrogen-bond acceptors (Lipinski definition) is 3. The van der Waals surface area contributed by atoms with Crippen LogP contribution >= 0.6 is 0 Å². The Bertz CT molecular complexity index is 606. The lowest BCUT2D eigenvalue weighted by Gasteiger charge is -2.11. The first-order valence-electron chi connectivity index (χ1n) is 6.59. The quantitative estimate of drug-likeness (QED) is 0.725. The SMILES string of the molecule is CCCc1ccc(Nc2cc(N)ccc2C(=O)O)cc1. The highest BCUT2D eigenvalue weighted by Gasteiger charge is 2.10. The summed E-state index contributed by atoms with van der Waals surface area (Å²) < 4.78 is 0. The molecule has 0 unspecified atom stereocenters. The summed E-state index contributed by atoms with van der Waals surface area (Å²) in [5.74, 6) is -0.977. The van der Waals surface area contributed by atoms with E-state index in [1.807, 2.05) is 24.3 Å². The largest absolute Gasteiger partial charge is 0.478 e. The molecule has 0 atom stereocenters. The van der Waals surface area contributed by atoms with Crippen LogP contribution in [0.25, 0.3) is 0 Å². The van der Waals surface area contributed by atoms with Gasteiger partial charge in [-0.2, -0.15) is 0 Å². The summed E-state index contributed by atoms with van der Waals surface area (Å²) >= 11 is 0. The van der Waals surface area contributed by atoms with Gasteiger partial charge in [-0.15, -0.1) is 0 Å². The van der Waals surface area contributed by atoms with Crippen LogP contribution < -0.4 is 11.1 Å². The maximum absolute atomic E-state index is 11.2. The fraction of sp³-hybridized carbons (Fsp3) is 0.188. The topological polar surface area (TPSA) is 75.3 Å². The van der Waals surface area contributed by atoms with E-state index in [-0.39, 0.29) is 5.56 Å². The maximum atomic E-state index is 11.2. The second kappa shape index (κ2) is 6.10. The molecule has 0 amide bonds. The maximum Gasteiger partial charge on any atom is 0.337 e. The molecule has 2 aromatic rings. The highest BCUT2D eigenvalue weighted by atomic mass is 16.4. The Kier molecular flexibility index (Phi) is 4.25. The third-order valence-corrected chi connectivity index (χ3v) is 3.05. The third-order valence-electron chi connectivity index (χ3n) is 3.05. The minimum absolute atomic E-state index is 0.205. The smallest absolute Gasteiger partial charge is 0.337 e. The predicted octanol–water partition coefficient (Wildman–Crippen LogP) is 3.66. The van der Waals surface area contributed by atoms with Crippen molar-refractivity contribution in [2.75, 3.05) is 11.1 Å². The van der Waals surface area contributed by atoms with Crippen LogP contribution in [0.3, 0.4) is 0 Å². The number of anilines is 3. The van der Waals surface area contributed by atoms with Crippen molar-refractivity contribution in [2.45, 2.75) is 19.8 Å².